The van der Waals surface area contributed by atoms with Crippen LogP contribution in [0.2, 0.25) is 0 Å². The molecule has 142 valence electrons. The van der Waals surface area contributed by atoms with Gasteiger partial charge >= 0.3 is 0 Å². The zero-order valence-corrected chi connectivity index (χ0v) is 15.7. The number of aromatic hydroxyl groups is 1. The van der Waals surface area contributed by atoms with Crippen molar-refractivity contribution < 1.29 is 18.3 Å². The molecule has 1 aliphatic rings. The number of phenols is 1. The summed E-state index contributed by atoms with van der Waals surface area (Å²) >= 11 is 0. The minimum atomic E-state index is -3.59. The van der Waals surface area contributed by atoms with Gasteiger partial charge in [-0.25, -0.2) is 13.8 Å². The standard InChI is InChI=1S/C19H21N3O4S/c1-14(17-9-2-3-10-18(17)23)20-21-19(24)15-7-6-8-16(13-15)27(25,26)22-11-4-5-12-22/h2-3,6-10,13,23H,4-5,11-12H2,1H3,(H,21,24)/b20-14+. The number of hydrogen-bond acceptors (Lipinski definition) is 5. The molecule has 1 aliphatic heterocycles. The van der Waals surface area contributed by atoms with Crippen molar-refractivity contribution in [1.82, 2.24) is 9.73 Å². The van der Waals surface area contributed by atoms with E-state index in [1.54, 1.807) is 25.1 Å². The molecule has 0 saturated carbocycles. The number of carbonyl (C=O) groups excluding carboxylic acids is 1. The maximum atomic E-state index is 12.6. The molecular formula is C19H21N3O4S. The van der Waals surface area contributed by atoms with Crippen LogP contribution in [0.5, 0.6) is 5.75 Å². The van der Waals surface area contributed by atoms with E-state index in [-0.39, 0.29) is 16.2 Å². The van der Waals surface area contributed by atoms with Crippen LogP contribution in [0, 0.1) is 0 Å². The molecule has 1 fully saturated rings. The van der Waals surface area contributed by atoms with Crippen molar-refractivity contribution in [2.24, 2.45) is 5.10 Å². The molecule has 0 aliphatic carbocycles. The highest BCUT2D eigenvalue weighted by molar-refractivity contribution is 7.89. The molecule has 2 aromatic rings. The van der Waals surface area contributed by atoms with E-state index in [0.29, 0.717) is 24.4 Å². The highest BCUT2D eigenvalue weighted by Gasteiger charge is 2.27. The lowest BCUT2D eigenvalue weighted by atomic mass is 10.1. The highest BCUT2D eigenvalue weighted by atomic mass is 32.2. The van der Waals surface area contributed by atoms with E-state index in [1.807, 2.05) is 0 Å². The first-order chi connectivity index (χ1) is 12.9. The van der Waals surface area contributed by atoms with Crippen molar-refractivity contribution >= 4 is 21.6 Å². The number of nitrogens with zero attached hydrogens (tertiary/aromatic N) is 2. The maximum absolute atomic E-state index is 12.6. The second-order valence-corrected chi connectivity index (χ2v) is 8.23. The lowest BCUT2D eigenvalue weighted by Crippen LogP contribution is -2.28. The third-order valence-corrected chi connectivity index (χ3v) is 6.31. The third kappa shape index (κ3) is 4.17. The second-order valence-electron chi connectivity index (χ2n) is 6.29. The first-order valence-electron chi connectivity index (χ1n) is 8.63. The van der Waals surface area contributed by atoms with E-state index in [9.17, 15) is 18.3 Å². The van der Waals surface area contributed by atoms with Crippen molar-refractivity contribution in [3.8, 4) is 5.75 Å². The molecular weight excluding hydrogens is 366 g/mol. The van der Waals surface area contributed by atoms with Gasteiger partial charge in [0.1, 0.15) is 5.75 Å². The number of hydrazone groups is 1. The largest absolute Gasteiger partial charge is 0.507 e. The fourth-order valence-electron chi connectivity index (χ4n) is 2.91. The maximum Gasteiger partial charge on any atom is 0.271 e. The Labute approximate surface area is 158 Å². The smallest absolute Gasteiger partial charge is 0.271 e. The molecule has 0 unspecified atom stereocenters. The van der Waals surface area contributed by atoms with Crippen molar-refractivity contribution in [1.29, 1.82) is 0 Å². The monoisotopic (exact) mass is 387 g/mol. The van der Waals surface area contributed by atoms with Gasteiger partial charge in [-0.3, -0.25) is 4.79 Å². The van der Waals surface area contributed by atoms with E-state index in [1.165, 1.54) is 34.6 Å². The first-order valence-corrected chi connectivity index (χ1v) is 10.1. The number of amides is 1. The molecule has 0 radical (unpaired) electrons. The molecule has 2 N–H and O–H groups in total. The van der Waals surface area contributed by atoms with Crippen LogP contribution in [0.15, 0.2) is 58.5 Å². The minimum absolute atomic E-state index is 0.0618. The van der Waals surface area contributed by atoms with Crippen LogP contribution in [-0.4, -0.2) is 42.5 Å². The predicted octanol–water partition coefficient (Wildman–Crippen LogP) is 2.33. The molecule has 1 heterocycles. The molecule has 27 heavy (non-hydrogen) atoms. The summed E-state index contributed by atoms with van der Waals surface area (Å²) < 4.78 is 26.7. The second kappa shape index (κ2) is 7.89. The molecule has 0 aromatic heterocycles. The quantitative estimate of drug-likeness (QED) is 0.608. The lowest BCUT2D eigenvalue weighted by molar-refractivity contribution is 0.0954. The molecule has 0 spiro atoms. The van der Waals surface area contributed by atoms with Crippen molar-refractivity contribution in [3.63, 3.8) is 0 Å². The Morgan fingerprint density at radius 3 is 2.52 bits per heavy atom. The van der Waals surface area contributed by atoms with E-state index >= 15 is 0 Å². The predicted molar refractivity (Wildman–Crippen MR) is 102 cm³/mol. The summed E-state index contributed by atoms with van der Waals surface area (Å²) in [6.45, 7) is 2.66. The van der Waals surface area contributed by atoms with Crippen molar-refractivity contribution in [3.05, 3.63) is 59.7 Å². The van der Waals surface area contributed by atoms with Gasteiger partial charge in [0, 0.05) is 24.2 Å². The summed E-state index contributed by atoms with van der Waals surface area (Å²) in [5.41, 5.74) is 3.54. The van der Waals surface area contributed by atoms with Gasteiger partial charge in [-0.05, 0) is 50.1 Å². The molecule has 8 heteroatoms. The minimum Gasteiger partial charge on any atom is -0.507 e. The summed E-state index contributed by atoms with van der Waals surface area (Å²) in [4.78, 5) is 12.5. The Balaban J connectivity index is 1.78. The fraction of sp³-hybridized carbons (Fsp3) is 0.263. The Kier molecular flexibility index (Phi) is 5.57. The van der Waals surface area contributed by atoms with E-state index in [2.05, 4.69) is 10.5 Å². The van der Waals surface area contributed by atoms with E-state index < -0.39 is 15.9 Å². The molecule has 3 rings (SSSR count). The van der Waals surface area contributed by atoms with Crippen molar-refractivity contribution in [2.75, 3.05) is 13.1 Å². The van der Waals surface area contributed by atoms with Gasteiger partial charge in [-0.1, -0.05) is 18.2 Å². The Hall–Kier alpha value is -2.71. The molecule has 1 saturated heterocycles. The molecule has 0 bridgehead atoms. The van der Waals surface area contributed by atoms with Gasteiger partial charge in [0.15, 0.2) is 0 Å². The van der Waals surface area contributed by atoms with Crippen LogP contribution in [0.1, 0.15) is 35.7 Å². The highest BCUT2D eigenvalue weighted by Crippen LogP contribution is 2.21. The average Bonchev–Trinajstić information content (AvgIpc) is 3.22. The number of hydrogen-bond donors (Lipinski definition) is 2. The van der Waals surface area contributed by atoms with Crippen LogP contribution in [0.3, 0.4) is 0 Å². The Morgan fingerprint density at radius 1 is 1.11 bits per heavy atom. The summed E-state index contributed by atoms with van der Waals surface area (Å²) in [6, 6.07) is 12.6. The van der Waals surface area contributed by atoms with Gasteiger partial charge in [-0.15, -0.1) is 0 Å². The number of nitrogens with one attached hydrogen (secondary N) is 1. The van der Waals surface area contributed by atoms with Gasteiger partial charge in [0.05, 0.1) is 10.6 Å². The molecule has 0 atom stereocenters. The lowest BCUT2D eigenvalue weighted by Gasteiger charge is -2.15. The van der Waals surface area contributed by atoms with Crippen molar-refractivity contribution in [2.45, 2.75) is 24.7 Å². The van der Waals surface area contributed by atoms with Gasteiger partial charge in [-0.2, -0.15) is 9.41 Å². The molecule has 2 aromatic carbocycles. The van der Waals surface area contributed by atoms with Gasteiger partial charge in [0.2, 0.25) is 10.0 Å². The van der Waals surface area contributed by atoms with Gasteiger partial charge in [0.25, 0.3) is 5.91 Å². The van der Waals surface area contributed by atoms with Crippen LogP contribution in [-0.2, 0) is 10.0 Å². The zero-order valence-electron chi connectivity index (χ0n) is 14.9. The first kappa shape index (κ1) is 19.1. The van der Waals surface area contributed by atoms with E-state index in [4.69, 9.17) is 0 Å². The topological polar surface area (TPSA) is 99.1 Å². The SMILES string of the molecule is C/C(=N\NC(=O)c1cccc(S(=O)(=O)N2CCCC2)c1)c1ccccc1O. The third-order valence-electron chi connectivity index (χ3n) is 4.42. The summed E-state index contributed by atoms with van der Waals surface area (Å²) in [5.74, 6) is -0.463. The summed E-state index contributed by atoms with van der Waals surface area (Å²) in [6.07, 6.45) is 1.69. The van der Waals surface area contributed by atoms with Crippen LogP contribution < -0.4 is 5.43 Å². The van der Waals surface area contributed by atoms with Crippen LogP contribution in [0.4, 0.5) is 0 Å². The number of rotatable bonds is 5. The van der Waals surface area contributed by atoms with Gasteiger partial charge < -0.3 is 5.11 Å². The summed E-state index contributed by atoms with van der Waals surface area (Å²) in [5, 5.41) is 13.8. The van der Waals surface area contributed by atoms with Crippen LogP contribution >= 0.6 is 0 Å². The molecule has 1 amide bonds. The summed E-state index contributed by atoms with van der Waals surface area (Å²) in [7, 11) is -3.59. The van der Waals surface area contributed by atoms with Crippen LogP contribution in [0.25, 0.3) is 0 Å². The normalized spacial score (nSPS) is 15.7. The Morgan fingerprint density at radius 2 is 1.81 bits per heavy atom. The van der Waals surface area contributed by atoms with E-state index in [0.717, 1.165) is 12.8 Å². The number of para-hydroxylation sites is 1. The number of phenolic OH excluding ortho intramolecular Hbond substituents is 1. The average molecular weight is 387 g/mol. The number of carbonyl (C=O) groups is 1. The number of sulfonamides is 1. The molecule has 7 nitrogen and oxygen atoms in total. The fourth-order valence-corrected chi connectivity index (χ4v) is 4.48. The zero-order chi connectivity index (χ0) is 19.4. The Bertz CT molecular complexity index is 980. The number of benzene rings is 2.